The first-order valence-electron chi connectivity index (χ1n) is 10.4. The molecule has 1 aromatic carbocycles. The molecule has 0 spiro atoms. The van der Waals surface area contributed by atoms with Crippen molar-refractivity contribution in [3.8, 4) is 11.4 Å². The Hall–Kier alpha value is -3.07. The maximum Gasteiger partial charge on any atom is 0.314 e. The third-order valence-electron chi connectivity index (χ3n) is 4.66. The standard InChI is InChI=1S/C22H29N5O3S/c1-5-18-17-13-19(20(28)23-11-6-12-24-22(29)25-14(2)3)31-21(17)27(26-18)15-7-9-16(30-4)10-8-15/h7-10,13-14H,5-6,11-12H2,1-4H3,(H,23,28)(H2,24,25,29). The summed E-state index contributed by atoms with van der Waals surface area (Å²) >= 11 is 1.43. The van der Waals surface area contributed by atoms with Crippen LogP contribution in [0.4, 0.5) is 4.79 Å². The summed E-state index contributed by atoms with van der Waals surface area (Å²) in [6.45, 7) is 6.85. The van der Waals surface area contributed by atoms with Crippen LogP contribution < -0.4 is 20.7 Å². The second-order valence-corrected chi connectivity index (χ2v) is 8.43. The Labute approximate surface area is 186 Å². The summed E-state index contributed by atoms with van der Waals surface area (Å²) < 4.78 is 7.11. The molecule has 9 heteroatoms. The average Bonchev–Trinajstić information content (AvgIpc) is 3.32. The number of thiophene rings is 1. The fourth-order valence-electron chi connectivity index (χ4n) is 3.13. The van der Waals surface area contributed by atoms with E-state index in [9.17, 15) is 9.59 Å². The van der Waals surface area contributed by atoms with Crippen molar-refractivity contribution in [3.05, 3.63) is 40.9 Å². The van der Waals surface area contributed by atoms with Gasteiger partial charge in [0.2, 0.25) is 0 Å². The summed E-state index contributed by atoms with van der Waals surface area (Å²) in [4.78, 5) is 25.8. The van der Waals surface area contributed by atoms with Crippen LogP contribution in [0.2, 0.25) is 0 Å². The van der Waals surface area contributed by atoms with Gasteiger partial charge in [0.25, 0.3) is 5.91 Å². The molecule has 3 aromatic rings. The Morgan fingerprint density at radius 3 is 2.52 bits per heavy atom. The molecule has 3 amide bonds. The number of hydrogen-bond acceptors (Lipinski definition) is 5. The van der Waals surface area contributed by atoms with E-state index in [0.29, 0.717) is 24.4 Å². The summed E-state index contributed by atoms with van der Waals surface area (Å²) in [7, 11) is 1.64. The number of fused-ring (bicyclic) bond motifs is 1. The van der Waals surface area contributed by atoms with Gasteiger partial charge in [-0.15, -0.1) is 11.3 Å². The first-order chi connectivity index (χ1) is 14.9. The molecular weight excluding hydrogens is 414 g/mol. The van der Waals surface area contributed by atoms with E-state index in [1.165, 1.54) is 11.3 Å². The number of ether oxygens (including phenoxy) is 1. The van der Waals surface area contributed by atoms with Gasteiger partial charge >= 0.3 is 6.03 Å². The van der Waals surface area contributed by atoms with Crippen molar-refractivity contribution in [2.45, 2.75) is 39.7 Å². The van der Waals surface area contributed by atoms with E-state index in [0.717, 1.165) is 33.8 Å². The third kappa shape index (κ3) is 5.55. The summed E-state index contributed by atoms with van der Waals surface area (Å²) in [5, 5.41) is 14.2. The van der Waals surface area contributed by atoms with Gasteiger partial charge in [0.1, 0.15) is 10.6 Å². The van der Waals surface area contributed by atoms with Gasteiger partial charge in [0.15, 0.2) is 0 Å². The zero-order chi connectivity index (χ0) is 22.4. The van der Waals surface area contributed by atoms with Gasteiger partial charge in [-0.1, -0.05) is 6.92 Å². The summed E-state index contributed by atoms with van der Waals surface area (Å²) in [6, 6.07) is 9.50. The first kappa shape index (κ1) is 22.6. The highest BCUT2D eigenvalue weighted by atomic mass is 32.1. The van der Waals surface area contributed by atoms with Gasteiger partial charge in [-0.05, 0) is 57.0 Å². The smallest absolute Gasteiger partial charge is 0.314 e. The Morgan fingerprint density at radius 2 is 1.87 bits per heavy atom. The van der Waals surface area contributed by atoms with Gasteiger partial charge in [-0.3, -0.25) is 4.79 Å². The van der Waals surface area contributed by atoms with Crippen LogP contribution in [-0.4, -0.2) is 48.0 Å². The van der Waals surface area contributed by atoms with Gasteiger partial charge < -0.3 is 20.7 Å². The zero-order valence-corrected chi connectivity index (χ0v) is 19.1. The molecule has 31 heavy (non-hydrogen) atoms. The molecule has 0 radical (unpaired) electrons. The summed E-state index contributed by atoms with van der Waals surface area (Å²) in [5.41, 5.74) is 1.88. The highest BCUT2D eigenvalue weighted by Crippen LogP contribution is 2.31. The number of hydrogen-bond donors (Lipinski definition) is 3. The van der Waals surface area contributed by atoms with Crippen molar-refractivity contribution in [3.63, 3.8) is 0 Å². The monoisotopic (exact) mass is 443 g/mol. The number of nitrogens with one attached hydrogen (secondary N) is 3. The Balaban J connectivity index is 1.65. The van der Waals surface area contributed by atoms with Crippen LogP contribution in [0.25, 0.3) is 15.9 Å². The second-order valence-electron chi connectivity index (χ2n) is 7.40. The molecule has 3 rings (SSSR count). The number of rotatable bonds is 9. The lowest BCUT2D eigenvalue weighted by atomic mass is 10.2. The van der Waals surface area contributed by atoms with Crippen molar-refractivity contribution in [1.29, 1.82) is 0 Å². The number of nitrogens with zero attached hydrogens (tertiary/aromatic N) is 2. The summed E-state index contributed by atoms with van der Waals surface area (Å²) in [5.74, 6) is 0.668. The highest BCUT2D eigenvalue weighted by Gasteiger charge is 2.18. The van der Waals surface area contributed by atoms with E-state index < -0.39 is 0 Å². The number of aromatic nitrogens is 2. The minimum atomic E-state index is -0.194. The molecular formula is C22H29N5O3S. The maximum atomic E-state index is 12.6. The molecule has 0 aliphatic carbocycles. The van der Waals surface area contributed by atoms with Crippen molar-refractivity contribution in [1.82, 2.24) is 25.7 Å². The fourth-order valence-corrected chi connectivity index (χ4v) is 4.20. The van der Waals surface area contributed by atoms with E-state index in [1.54, 1.807) is 7.11 Å². The zero-order valence-electron chi connectivity index (χ0n) is 18.3. The van der Waals surface area contributed by atoms with Crippen LogP contribution in [0, 0.1) is 0 Å². The predicted octanol–water partition coefficient (Wildman–Crippen LogP) is 3.49. The number of urea groups is 1. The molecule has 0 bridgehead atoms. The number of benzene rings is 1. The van der Waals surface area contributed by atoms with Crippen LogP contribution in [-0.2, 0) is 6.42 Å². The molecule has 0 aliphatic heterocycles. The van der Waals surface area contributed by atoms with Crippen molar-refractivity contribution < 1.29 is 14.3 Å². The highest BCUT2D eigenvalue weighted by molar-refractivity contribution is 7.20. The van der Waals surface area contributed by atoms with Crippen molar-refractivity contribution >= 4 is 33.5 Å². The van der Waals surface area contributed by atoms with Gasteiger partial charge in [0, 0.05) is 24.5 Å². The quantitative estimate of drug-likeness (QED) is 0.441. The lowest BCUT2D eigenvalue weighted by Crippen LogP contribution is -2.40. The average molecular weight is 444 g/mol. The third-order valence-corrected chi connectivity index (χ3v) is 5.77. The number of carbonyl (C=O) groups excluding carboxylic acids is 2. The minimum Gasteiger partial charge on any atom is -0.497 e. The molecule has 0 aliphatic rings. The number of amides is 3. The van der Waals surface area contributed by atoms with Crippen LogP contribution >= 0.6 is 11.3 Å². The largest absolute Gasteiger partial charge is 0.497 e. The number of aryl methyl sites for hydroxylation is 1. The molecule has 2 aromatic heterocycles. The molecule has 0 saturated heterocycles. The van der Waals surface area contributed by atoms with Crippen LogP contribution in [0.5, 0.6) is 5.75 Å². The maximum absolute atomic E-state index is 12.6. The van der Waals surface area contributed by atoms with Gasteiger partial charge in [-0.25, -0.2) is 9.48 Å². The molecule has 8 nitrogen and oxygen atoms in total. The molecule has 0 unspecified atom stereocenters. The Bertz CT molecular complexity index is 1040. The minimum absolute atomic E-state index is 0.0921. The SMILES string of the molecule is CCc1nn(-c2ccc(OC)cc2)c2sc(C(=O)NCCCNC(=O)NC(C)C)cc12. The van der Waals surface area contributed by atoms with E-state index in [-0.39, 0.29) is 18.0 Å². The lowest BCUT2D eigenvalue weighted by molar-refractivity contribution is 0.0957. The number of carbonyl (C=O) groups is 2. The molecule has 166 valence electrons. The van der Waals surface area contributed by atoms with Crippen LogP contribution in [0.1, 0.15) is 42.6 Å². The van der Waals surface area contributed by atoms with Gasteiger partial charge in [0.05, 0.1) is 23.4 Å². The Morgan fingerprint density at radius 1 is 1.16 bits per heavy atom. The molecule has 0 atom stereocenters. The molecule has 0 fully saturated rings. The van der Waals surface area contributed by atoms with Crippen LogP contribution in [0.15, 0.2) is 30.3 Å². The molecule has 0 saturated carbocycles. The second kappa shape index (κ2) is 10.3. The fraction of sp³-hybridized carbons (Fsp3) is 0.409. The predicted molar refractivity (Wildman–Crippen MR) is 123 cm³/mol. The van der Waals surface area contributed by atoms with E-state index in [2.05, 4.69) is 22.9 Å². The van der Waals surface area contributed by atoms with Gasteiger partial charge in [-0.2, -0.15) is 5.10 Å². The van der Waals surface area contributed by atoms with Crippen molar-refractivity contribution in [2.75, 3.05) is 20.2 Å². The van der Waals surface area contributed by atoms with E-state index >= 15 is 0 Å². The summed E-state index contributed by atoms with van der Waals surface area (Å²) in [6.07, 6.45) is 1.43. The topological polar surface area (TPSA) is 97.3 Å². The number of methoxy groups -OCH3 is 1. The van der Waals surface area contributed by atoms with Crippen molar-refractivity contribution in [2.24, 2.45) is 0 Å². The van der Waals surface area contributed by atoms with E-state index in [4.69, 9.17) is 9.84 Å². The first-order valence-corrected chi connectivity index (χ1v) is 11.2. The molecule has 2 heterocycles. The molecule has 3 N–H and O–H groups in total. The lowest BCUT2D eigenvalue weighted by Gasteiger charge is -2.10. The Kier molecular flexibility index (Phi) is 7.51. The van der Waals surface area contributed by atoms with Crippen LogP contribution in [0.3, 0.4) is 0 Å². The van der Waals surface area contributed by atoms with E-state index in [1.807, 2.05) is 48.9 Å². The normalized spacial score (nSPS) is 11.0.